The zero-order valence-corrected chi connectivity index (χ0v) is 12.2. The van der Waals surface area contributed by atoms with Gasteiger partial charge in [0.25, 0.3) is 5.91 Å². The molecule has 2 heterocycles. The Morgan fingerprint density at radius 2 is 2.06 bits per heavy atom. The van der Waals surface area contributed by atoms with Gasteiger partial charge in [0.2, 0.25) is 0 Å². The molecule has 0 aliphatic carbocycles. The Morgan fingerprint density at radius 3 is 2.67 bits per heavy atom. The maximum absolute atomic E-state index is 12.4. The number of rotatable bonds is 2. The smallest absolute Gasteiger partial charge is 0.254 e. The lowest BCUT2D eigenvalue weighted by Gasteiger charge is -2.26. The zero-order valence-electron chi connectivity index (χ0n) is 10.6. The lowest BCUT2D eigenvalue weighted by atomic mass is 10.1. The van der Waals surface area contributed by atoms with Gasteiger partial charge in [-0.2, -0.15) is 11.8 Å². The van der Waals surface area contributed by atoms with E-state index < -0.39 is 0 Å². The molecule has 0 unspecified atom stereocenters. The first-order valence-corrected chi connectivity index (χ1v) is 7.65. The summed E-state index contributed by atoms with van der Waals surface area (Å²) in [5, 5.41) is 0.399. The van der Waals surface area contributed by atoms with E-state index in [-0.39, 0.29) is 11.8 Å². The van der Waals surface area contributed by atoms with Gasteiger partial charge in [0.05, 0.1) is 0 Å². The Hall–Kier alpha value is -0.740. The number of halogens is 1. The van der Waals surface area contributed by atoms with Crippen LogP contribution < -0.4 is 0 Å². The number of amides is 1. The van der Waals surface area contributed by atoms with Crippen LogP contribution in [0.15, 0.2) is 12.1 Å². The van der Waals surface area contributed by atoms with Crippen molar-refractivity contribution in [1.82, 2.24) is 9.88 Å². The average molecular weight is 285 g/mol. The molecule has 1 aromatic rings. The number of carbonyl (C=O) groups is 1. The second kappa shape index (κ2) is 5.93. The van der Waals surface area contributed by atoms with Gasteiger partial charge in [-0.15, -0.1) is 0 Å². The van der Waals surface area contributed by atoms with Crippen LogP contribution in [-0.2, 0) is 0 Å². The first-order valence-electron chi connectivity index (χ1n) is 6.12. The Morgan fingerprint density at radius 1 is 1.39 bits per heavy atom. The van der Waals surface area contributed by atoms with Crippen LogP contribution in [0.1, 0.15) is 35.8 Å². The van der Waals surface area contributed by atoms with E-state index in [2.05, 4.69) is 4.98 Å². The summed E-state index contributed by atoms with van der Waals surface area (Å²) in [6.07, 6.45) is 0. The minimum absolute atomic E-state index is 0.0708. The largest absolute Gasteiger partial charge is 0.337 e. The van der Waals surface area contributed by atoms with E-state index in [1.807, 2.05) is 36.6 Å². The molecule has 0 bridgehead atoms. The van der Waals surface area contributed by atoms with Crippen LogP contribution in [-0.4, -0.2) is 40.4 Å². The molecule has 1 amide bonds. The lowest BCUT2D eigenvalue weighted by molar-refractivity contribution is 0.0772. The Bertz CT molecular complexity index is 445. The normalized spacial score (nSPS) is 16.1. The van der Waals surface area contributed by atoms with E-state index in [1.54, 1.807) is 6.07 Å². The van der Waals surface area contributed by atoms with Gasteiger partial charge in [0, 0.05) is 35.9 Å². The van der Waals surface area contributed by atoms with Crippen molar-refractivity contribution < 1.29 is 4.79 Å². The van der Waals surface area contributed by atoms with Crippen molar-refractivity contribution in [3.05, 3.63) is 28.5 Å². The van der Waals surface area contributed by atoms with Gasteiger partial charge in [-0.1, -0.05) is 25.4 Å². The summed E-state index contributed by atoms with van der Waals surface area (Å²) in [7, 11) is 0. The molecule has 1 saturated heterocycles. The molecule has 0 saturated carbocycles. The summed E-state index contributed by atoms with van der Waals surface area (Å²) in [6, 6.07) is 3.53. The fraction of sp³-hybridized carbons (Fsp3) is 0.538. The van der Waals surface area contributed by atoms with E-state index in [0.717, 1.165) is 30.3 Å². The summed E-state index contributed by atoms with van der Waals surface area (Å²) in [4.78, 5) is 18.5. The van der Waals surface area contributed by atoms with E-state index in [9.17, 15) is 4.79 Å². The van der Waals surface area contributed by atoms with Crippen LogP contribution in [0.3, 0.4) is 0 Å². The maximum atomic E-state index is 12.4. The molecule has 2 rings (SSSR count). The van der Waals surface area contributed by atoms with Gasteiger partial charge in [0.1, 0.15) is 5.15 Å². The molecule has 0 aromatic carbocycles. The molecule has 0 radical (unpaired) electrons. The molecule has 3 nitrogen and oxygen atoms in total. The van der Waals surface area contributed by atoms with Gasteiger partial charge in [-0.3, -0.25) is 4.79 Å². The molecule has 1 aliphatic heterocycles. The van der Waals surface area contributed by atoms with Gasteiger partial charge < -0.3 is 4.90 Å². The van der Waals surface area contributed by atoms with Crippen molar-refractivity contribution in [3.8, 4) is 0 Å². The fourth-order valence-electron chi connectivity index (χ4n) is 1.89. The summed E-state index contributed by atoms with van der Waals surface area (Å²) in [5.41, 5.74) is 1.53. The fourth-order valence-corrected chi connectivity index (χ4v) is 3.00. The minimum Gasteiger partial charge on any atom is -0.337 e. The third kappa shape index (κ3) is 3.18. The highest BCUT2D eigenvalue weighted by Crippen LogP contribution is 2.20. The standard InChI is InChI=1S/C13H17ClN2OS/c1-9(2)11-7-10(8-12(14)15-11)13(17)16-3-5-18-6-4-16/h7-9H,3-6H2,1-2H3. The van der Waals surface area contributed by atoms with Crippen molar-refractivity contribution >= 4 is 29.3 Å². The first-order chi connectivity index (χ1) is 8.58. The van der Waals surface area contributed by atoms with E-state index >= 15 is 0 Å². The maximum Gasteiger partial charge on any atom is 0.254 e. The van der Waals surface area contributed by atoms with Gasteiger partial charge >= 0.3 is 0 Å². The number of hydrogen-bond donors (Lipinski definition) is 0. The van der Waals surface area contributed by atoms with Crippen LogP contribution in [0.25, 0.3) is 0 Å². The number of hydrogen-bond acceptors (Lipinski definition) is 3. The molecule has 1 aliphatic rings. The molecule has 0 N–H and O–H groups in total. The third-order valence-electron chi connectivity index (χ3n) is 2.95. The molecule has 18 heavy (non-hydrogen) atoms. The number of aromatic nitrogens is 1. The number of carbonyl (C=O) groups excluding carboxylic acids is 1. The van der Waals surface area contributed by atoms with Crippen LogP contribution in [0.2, 0.25) is 5.15 Å². The van der Waals surface area contributed by atoms with Crippen LogP contribution in [0.4, 0.5) is 0 Å². The first kappa shape index (κ1) is 13.7. The molecule has 0 atom stereocenters. The van der Waals surface area contributed by atoms with Crippen molar-refractivity contribution in [3.63, 3.8) is 0 Å². The van der Waals surface area contributed by atoms with Crippen molar-refractivity contribution in [2.24, 2.45) is 0 Å². The molecule has 1 fully saturated rings. The Labute approximate surface area is 117 Å². The Balaban J connectivity index is 2.23. The molecule has 5 heteroatoms. The third-order valence-corrected chi connectivity index (χ3v) is 4.09. The summed E-state index contributed by atoms with van der Waals surface area (Å²) >= 11 is 7.88. The molecule has 1 aromatic heterocycles. The molecular formula is C13H17ClN2OS. The second-order valence-electron chi connectivity index (χ2n) is 4.66. The monoisotopic (exact) mass is 284 g/mol. The Kier molecular flexibility index (Phi) is 4.51. The predicted octanol–water partition coefficient (Wildman–Crippen LogP) is 3.05. The summed E-state index contributed by atoms with van der Waals surface area (Å²) in [6.45, 7) is 5.73. The molecule has 98 valence electrons. The van der Waals surface area contributed by atoms with Crippen LogP contribution >= 0.6 is 23.4 Å². The van der Waals surface area contributed by atoms with E-state index in [0.29, 0.717) is 10.7 Å². The SMILES string of the molecule is CC(C)c1cc(C(=O)N2CCSCC2)cc(Cl)n1. The predicted molar refractivity (Wildman–Crippen MR) is 76.6 cm³/mol. The number of thioether (sulfide) groups is 1. The minimum atomic E-state index is 0.0708. The van der Waals surface area contributed by atoms with Crippen molar-refractivity contribution in [2.75, 3.05) is 24.6 Å². The highest BCUT2D eigenvalue weighted by atomic mass is 35.5. The summed E-state index contributed by atoms with van der Waals surface area (Å²) < 4.78 is 0. The number of pyridine rings is 1. The quantitative estimate of drug-likeness (QED) is 0.783. The van der Waals surface area contributed by atoms with Gasteiger partial charge in [-0.05, 0) is 18.1 Å². The number of nitrogens with zero attached hydrogens (tertiary/aromatic N) is 2. The van der Waals surface area contributed by atoms with Gasteiger partial charge in [-0.25, -0.2) is 4.98 Å². The highest BCUT2D eigenvalue weighted by Gasteiger charge is 2.19. The van der Waals surface area contributed by atoms with E-state index in [4.69, 9.17) is 11.6 Å². The van der Waals surface area contributed by atoms with E-state index in [1.165, 1.54) is 0 Å². The topological polar surface area (TPSA) is 33.2 Å². The molecule has 0 spiro atoms. The van der Waals surface area contributed by atoms with Gasteiger partial charge in [0.15, 0.2) is 0 Å². The molecular weight excluding hydrogens is 268 g/mol. The average Bonchev–Trinajstić information content (AvgIpc) is 2.38. The highest BCUT2D eigenvalue weighted by molar-refractivity contribution is 7.99. The van der Waals surface area contributed by atoms with Crippen LogP contribution in [0, 0.1) is 0 Å². The van der Waals surface area contributed by atoms with Crippen molar-refractivity contribution in [1.29, 1.82) is 0 Å². The summed E-state index contributed by atoms with van der Waals surface area (Å²) in [5.74, 6) is 2.37. The second-order valence-corrected chi connectivity index (χ2v) is 6.27. The lowest BCUT2D eigenvalue weighted by Crippen LogP contribution is -2.38. The zero-order chi connectivity index (χ0) is 13.1. The van der Waals surface area contributed by atoms with Crippen molar-refractivity contribution in [2.45, 2.75) is 19.8 Å². The van der Waals surface area contributed by atoms with Crippen LogP contribution in [0.5, 0.6) is 0 Å².